The van der Waals surface area contributed by atoms with Crippen molar-refractivity contribution in [2.45, 2.75) is 31.6 Å². The van der Waals surface area contributed by atoms with Crippen LogP contribution in [0.25, 0.3) is 0 Å². The lowest BCUT2D eigenvalue weighted by molar-refractivity contribution is 0.0442. The molecule has 0 radical (unpaired) electrons. The highest BCUT2D eigenvalue weighted by atomic mass is 16.5. The largest absolute Gasteiger partial charge is 0.491 e. The van der Waals surface area contributed by atoms with Crippen LogP contribution >= 0.6 is 0 Å². The molecule has 3 N–H and O–H groups in total. The first-order valence-corrected chi connectivity index (χ1v) is 7.58. The highest BCUT2D eigenvalue weighted by Crippen LogP contribution is 2.17. The monoisotopic (exact) mass is 294 g/mol. The molecule has 5 nitrogen and oxygen atoms in total. The van der Waals surface area contributed by atoms with Crippen LogP contribution in [0, 0.1) is 0 Å². The van der Waals surface area contributed by atoms with E-state index in [9.17, 15) is 5.11 Å². The van der Waals surface area contributed by atoms with Gasteiger partial charge in [-0.25, -0.2) is 0 Å². The van der Waals surface area contributed by atoms with Crippen molar-refractivity contribution in [2.24, 2.45) is 5.73 Å². The molecule has 1 aliphatic rings. The van der Waals surface area contributed by atoms with Crippen LogP contribution in [0.2, 0.25) is 0 Å². The summed E-state index contributed by atoms with van der Waals surface area (Å²) in [6.07, 6.45) is 2.03. The first kappa shape index (κ1) is 16.2. The van der Waals surface area contributed by atoms with E-state index < -0.39 is 6.10 Å². The predicted octanol–water partition coefficient (Wildman–Crippen LogP) is 0.996. The Bertz CT molecular complexity index is 422. The van der Waals surface area contributed by atoms with Crippen LogP contribution in [0.3, 0.4) is 0 Å². The van der Waals surface area contributed by atoms with E-state index in [-0.39, 0.29) is 6.61 Å². The molecule has 2 atom stereocenters. The Morgan fingerprint density at radius 1 is 1.48 bits per heavy atom. The van der Waals surface area contributed by atoms with Crippen molar-refractivity contribution in [3.05, 3.63) is 29.8 Å². The molecule has 1 saturated heterocycles. The molecular formula is C16H26N2O3. The molecule has 1 heterocycles. The number of aliphatic hydroxyl groups is 1. The lowest BCUT2D eigenvalue weighted by Crippen LogP contribution is -2.37. The van der Waals surface area contributed by atoms with E-state index >= 15 is 0 Å². The molecular weight excluding hydrogens is 268 g/mol. The van der Waals surface area contributed by atoms with Crippen molar-refractivity contribution in [1.82, 2.24) is 4.90 Å². The molecule has 0 aliphatic carbocycles. The Kier molecular flexibility index (Phi) is 6.45. The molecule has 0 saturated carbocycles. The summed E-state index contributed by atoms with van der Waals surface area (Å²) in [5.74, 6) is 0.751. The van der Waals surface area contributed by atoms with Gasteiger partial charge in [0, 0.05) is 31.8 Å². The quantitative estimate of drug-likeness (QED) is 0.748. The zero-order chi connectivity index (χ0) is 15.1. The van der Waals surface area contributed by atoms with Gasteiger partial charge >= 0.3 is 0 Å². The summed E-state index contributed by atoms with van der Waals surface area (Å²) >= 11 is 0. The van der Waals surface area contributed by atoms with E-state index in [2.05, 4.69) is 4.90 Å². The Labute approximate surface area is 126 Å². The van der Waals surface area contributed by atoms with Crippen LogP contribution in [-0.4, -0.2) is 55.6 Å². The first-order chi connectivity index (χ1) is 10.2. The van der Waals surface area contributed by atoms with Crippen molar-refractivity contribution >= 4 is 0 Å². The zero-order valence-corrected chi connectivity index (χ0v) is 12.7. The number of nitrogens with two attached hydrogens (primary N) is 1. The Morgan fingerprint density at radius 2 is 2.29 bits per heavy atom. The maximum atomic E-state index is 10.1. The second-order valence-corrected chi connectivity index (χ2v) is 5.63. The second kappa shape index (κ2) is 8.34. The zero-order valence-electron chi connectivity index (χ0n) is 12.7. The Balaban J connectivity index is 1.72. The number of hydrogen-bond donors (Lipinski definition) is 2. The predicted molar refractivity (Wildman–Crippen MR) is 82.3 cm³/mol. The summed E-state index contributed by atoms with van der Waals surface area (Å²) in [5.41, 5.74) is 6.62. The molecule has 1 aromatic rings. The minimum atomic E-state index is -0.526. The Morgan fingerprint density at radius 3 is 3.00 bits per heavy atom. The smallest absolute Gasteiger partial charge is 0.123 e. The third-order valence-electron chi connectivity index (χ3n) is 3.69. The number of rotatable bonds is 8. The molecule has 2 unspecified atom stereocenters. The average molecular weight is 294 g/mol. The van der Waals surface area contributed by atoms with E-state index in [4.69, 9.17) is 15.2 Å². The molecule has 21 heavy (non-hydrogen) atoms. The maximum absolute atomic E-state index is 10.1. The van der Waals surface area contributed by atoms with Gasteiger partial charge in [-0.15, -0.1) is 0 Å². The molecule has 0 aromatic heterocycles. The average Bonchev–Trinajstić information content (AvgIpc) is 2.98. The summed E-state index contributed by atoms with van der Waals surface area (Å²) in [5, 5.41) is 10.1. The molecule has 0 bridgehead atoms. The fourth-order valence-electron chi connectivity index (χ4n) is 2.62. The summed E-state index contributed by atoms with van der Waals surface area (Å²) < 4.78 is 11.3. The number of hydrogen-bond acceptors (Lipinski definition) is 5. The number of ether oxygens (including phenoxy) is 2. The standard InChI is InChI=1S/C16H26N2O3/c1-18(11-15-6-4-8-20-15)10-14(19)12-21-16-7-3-2-5-13(16)9-17/h2-3,5,7,14-15,19H,4,6,8-12,17H2,1H3. The van der Waals surface area contributed by atoms with Gasteiger partial charge in [0.2, 0.25) is 0 Å². The number of benzene rings is 1. The van der Waals surface area contributed by atoms with Crippen LogP contribution in [0.15, 0.2) is 24.3 Å². The van der Waals surface area contributed by atoms with Crippen molar-refractivity contribution < 1.29 is 14.6 Å². The van der Waals surface area contributed by atoms with Gasteiger partial charge in [-0.2, -0.15) is 0 Å². The van der Waals surface area contributed by atoms with Gasteiger partial charge in [-0.05, 0) is 26.0 Å². The minimum Gasteiger partial charge on any atom is -0.491 e. The highest BCUT2D eigenvalue weighted by molar-refractivity contribution is 5.32. The van der Waals surface area contributed by atoms with Crippen LogP contribution in [-0.2, 0) is 11.3 Å². The van der Waals surface area contributed by atoms with Crippen LogP contribution in [0.4, 0.5) is 0 Å². The van der Waals surface area contributed by atoms with Gasteiger partial charge in [-0.1, -0.05) is 18.2 Å². The topological polar surface area (TPSA) is 68.0 Å². The molecule has 1 aromatic carbocycles. The molecule has 1 aliphatic heterocycles. The van der Waals surface area contributed by atoms with E-state index in [1.165, 1.54) is 0 Å². The van der Waals surface area contributed by atoms with Gasteiger partial charge in [0.1, 0.15) is 18.5 Å². The van der Waals surface area contributed by atoms with Gasteiger partial charge in [0.25, 0.3) is 0 Å². The van der Waals surface area contributed by atoms with Gasteiger partial charge in [0.15, 0.2) is 0 Å². The molecule has 5 heteroatoms. The van der Waals surface area contributed by atoms with Crippen LogP contribution in [0.1, 0.15) is 18.4 Å². The van der Waals surface area contributed by atoms with Crippen molar-refractivity contribution in [1.29, 1.82) is 0 Å². The third kappa shape index (κ3) is 5.28. The van der Waals surface area contributed by atoms with Gasteiger partial charge in [-0.3, -0.25) is 0 Å². The molecule has 118 valence electrons. The number of aliphatic hydroxyl groups excluding tert-OH is 1. The SMILES string of the molecule is CN(CC(O)COc1ccccc1CN)CC1CCCO1. The molecule has 0 amide bonds. The summed E-state index contributed by atoms with van der Waals surface area (Å²) in [6, 6.07) is 7.65. The minimum absolute atomic E-state index is 0.271. The molecule has 1 fully saturated rings. The first-order valence-electron chi connectivity index (χ1n) is 7.58. The normalized spacial score (nSPS) is 19.9. The van der Waals surface area contributed by atoms with Crippen LogP contribution < -0.4 is 10.5 Å². The van der Waals surface area contributed by atoms with E-state index in [0.29, 0.717) is 19.2 Å². The van der Waals surface area contributed by atoms with Crippen molar-refractivity contribution in [3.63, 3.8) is 0 Å². The van der Waals surface area contributed by atoms with E-state index in [1.807, 2.05) is 31.3 Å². The van der Waals surface area contributed by atoms with Gasteiger partial charge in [0.05, 0.1) is 6.10 Å². The Hall–Kier alpha value is -1.14. The third-order valence-corrected chi connectivity index (χ3v) is 3.69. The lowest BCUT2D eigenvalue weighted by Gasteiger charge is -2.23. The van der Waals surface area contributed by atoms with Gasteiger partial charge < -0.3 is 25.2 Å². The van der Waals surface area contributed by atoms with Crippen molar-refractivity contribution in [2.75, 3.05) is 33.4 Å². The van der Waals surface area contributed by atoms with Crippen molar-refractivity contribution in [3.8, 4) is 5.75 Å². The maximum Gasteiger partial charge on any atom is 0.123 e. The number of likely N-dealkylation sites (N-methyl/N-ethyl adjacent to an activating group) is 1. The molecule has 0 spiro atoms. The summed E-state index contributed by atoms with van der Waals surface area (Å²) in [6.45, 7) is 3.00. The van der Waals surface area contributed by atoms with Crippen LogP contribution in [0.5, 0.6) is 5.75 Å². The van der Waals surface area contributed by atoms with E-state index in [1.54, 1.807) is 0 Å². The number of nitrogens with zero attached hydrogens (tertiary/aromatic N) is 1. The summed E-state index contributed by atoms with van der Waals surface area (Å²) in [7, 11) is 2.00. The fourth-order valence-corrected chi connectivity index (χ4v) is 2.62. The highest BCUT2D eigenvalue weighted by Gasteiger charge is 2.19. The summed E-state index contributed by atoms with van der Waals surface area (Å²) in [4.78, 5) is 2.10. The molecule has 2 rings (SSSR count). The number of para-hydroxylation sites is 1. The fraction of sp³-hybridized carbons (Fsp3) is 0.625. The van der Waals surface area contributed by atoms with E-state index in [0.717, 1.165) is 37.3 Å². The second-order valence-electron chi connectivity index (χ2n) is 5.63. The lowest BCUT2D eigenvalue weighted by atomic mass is 10.2.